The van der Waals surface area contributed by atoms with Gasteiger partial charge in [-0.3, -0.25) is 4.90 Å². The summed E-state index contributed by atoms with van der Waals surface area (Å²) in [6, 6.07) is 9.38. The number of ether oxygens (including phenoxy) is 1. The van der Waals surface area contributed by atoms with Gasteiger partial charge in [-0.2, -0.15) is 0 Å². The number of aryl methyl sites for hydroxylation is 1. The maximum Gasteiger partial charge on any atom is 0.133 e. The molecule has 2 N–H and O–H groups in total. The molecule has 0 amide bonds. The molecular formula is C14H19N3O2. The molecule has 5 heteroatoms. The monoisotopic (exact) mass is 261 g/mol. The Bertz CT molecular complexity index is 525. The highest BCUT2D eigenvalue weighted by molar-refractivity contribution is 5.43. The molecule has 1 aromatic carbocycles. The van der Waals surface area contributed by atoms with Crippen molar-refractivity contribution in [1.82, 2.24) is 10.1 Å². The van der Waals surface area contributed by atoms with Gasteiger partial charge < -0.3 is 15.0 Å². The van der Waals surface area contributed by atoms with Gasteiger partial charge >= 0.3 is 0 Å². The van der Waals surface area contributed by atoms with Crippen molar-refractivity contribution in [3.63, 3.8) is 0 Å². The van der Waals surface area contributed by atoms with E-state index >= 15 is 0 Å². The molecule has 0 saturated heterocycles. The van der Waals surface area contributed by atoms with Crippen LogP contribution in [-0.4, -0.2) is 30.3 Å². The van der Waals surface area contributed by atoms with Crippen LogP contribution in [0, 0.1) is 6.92 Å². The Morgan fingerprint density at radius 3 is 2.89 bits per heavy atom. The summed E-state index contributed by atoms with van der Waals surface area (Å²) in [6.07, 6.45) is 0. The zero-order valence-electron chi connectivity index (χ0n) is 11.3. The number of nitrogens with zero attached hydrogens (tertiary/aromatic N) is 2. The summed E-state index contributed by atoms with van der Waals surface area (Å²) in [5.74, 6) is 1.63. The Hall–Kier alpha value is -2.01. The van der Waals surface area contributed by atoms with Crippen molar-refractivity contribution >= 4 is 5.69 Å². The van der Waals surface area contributed by atoms with E-state index in [0.717, 1.165) is 30.3 Å². The molecule has 1 heterocycles. The highest BCUT2D eigenvalue weighted by atomic mass is 16.5. The summed E-state index contributed by atoms with van der Waals surface area (Å²) in [6.45, 7) is 4.05. The predicted octanol–water partition coefficient (Wildman–Crippen LogP) is 2.08. The Balaban J connectivity index is 1.73. The summed E-state index contributed by atoms with van der Waals surface area (Å²) < 4.78 is 10.7. The molecule has 19 heavy (non-hydrogen) atoms. The third kappa shape index (κ3) is 4.30. The lowest BCUT2D eigenvalue weighted by Gasteiger charge is -2.15. The van der Waals surface area contributed by atoms with Crippen LogP contribution in [0.1, 0.15) is 11.5 Å². The van der Waals surface area contributed by atoms with Gasteiger partial charge in [0.15, 0.2) is 0 Å². The zero-order valence-corrected chi connectivity index (χ0v) is 11.3. The predicted molar refractivity (Wildman–Crippen MR) is 73.9 cm³/mol. The van der Waals surface area contributed by atoms with E-state index < -0.39 is 0 Å². The first-order valence-electron chi connectivity index (χ1n) is 6.22. The van der Waals surface area contributed by atoms with Crippen LogP contribution in [0.5, 0.6) is 5.75 Å². The molecule has 0 fully saturated rings. The van der Waals surface area contributed by atoms with Crippen molar-refractivity contribution < 1.29 is 9.26 Å². The second kappa shape index (κ2) is 6.24. The average molecular weight is 261 g/mol. The van der Waals surface area contributed by atoms with Crippen LogP contribution in [0.3, 0.4) is 0 Å². The summed E-state index contributed by atoms with van der Waals surface area (Å²) in [5, 5.41) is 3.96. The maximum atomic E-state index is 5.69. The normalized spacial score (nSPS) is 10.9. The third-order valence-corrected chi connectivity index (χ3v) is 2.71. The molecule has 102 valence electrons. The van der Waals surface area contributed by atoms with E-state index in [1.165, 1.54) is 0 Å². The summed E-state index contributed by atoms with van der Waals surface area (Å²) in [7, 11) is 2.02. The summed E-state index contributed by atoms with van der Waals surface area (Å²) in [5.41, 5.74) is 7.33. The minimum atomic E-state index is 0.608. The highest BCUT2D eigenvalue weighted by Gasteiger charge is 2.05. The van der Waals surface area contributed by atoms with Crippen LogP contribution in [-0.2, 0) is 6.54 Å². The van der Waals surface area contributed by atoms with Gasteiger partial charge in [0.05, 0.1) is 5.69 Å². The molecule has 0 bridgehead atoms. The van der Waals surface area contributed by atoms with Crippen molar-refractivity contribution in [2.75, 3.05) is 25.9 Å². The third-order valence-electron chi connectivity index (χ3n) is 2.71. The lowest BCUT2D eigenvalue weighted by Crippen LogP contribution is -2.24. The molecule has 0 unspecified atom stereocenters. The van der Waals surface area contributed by atoms with Crippen LogP contribution in [0.4, 0.5) is 5.69 Å². The molecule has 0 spiro atoms. The highest BCUT2D eigenvalue weighted by Crippen LogP contribution is 2.14. The van der Waals surface area contributed by atoms with Crippen LogP contribution < -0.4 is 10.5 Å². The molecule has 0 aliphatic carbocycles. The van der Waals surface area contributed by atoms with Gasteiger partial charge in [-0.1, -0.05) is 11.2 Å². The molecule has 0 radical (unpaired) electrons. The Morgan fingerprint density at radius 1 is 1.37 bits per heavy atom. The fourth-order valence-corrected chi connectivity index (χ4v) is 1.77. The molecule has 2 aromatic rings. The number of likely N-dealkylation sites (N-methyl/N-ethyl adjacent to an activating group) is 1. The van der Waals surface area contributed by atoms with E-state index in [-0.39, 0.29) is 0 Å². The van der Waals surface area contributed by atoms with Crippen molar-refractivity contribution in [2.45, 2.75) is 13.5 Å². The van der Waals surface area contributed by atoms with Crippen molar-refractivity contribution in [1.29, 1.82) is 0 Å². The van der Waals surface area contributed by atoms with Gasteiger partial charge in [-0.15, -0.1) is 0 Å². The van der Waals surface area contributed by atoms with Crippen LogP contribution in [0.15, 0.2) is 34.9 Å². The zero-order chi connectivity index (χ0) is 13.7. The Labute approximate surface area is 112 Å². The van der Waals surface area contributed by atoms with Gasteiger partial charge in [0.1, 0.15) is 18.1 Å². The second-order valence-electron chi connectivity index (χ2n) is 4.59. The Morgan fingerprint density at radius 2 is 2.21 bits per heavy atom. The molecule has 5 nitrogen and oxygen atoms in total. The largest absolute Gasteiger partial charge is 0.492 e. The Kier molecular flexibility index (Phi) is 4.41. The van der Waals surface area contributed by atoms with Gasteiger partial charge in [0.25, 0.3) is 0 Å². The number of nitrogen functional groups attached to an aromatic ring is 1. The molecule has 0 atom stereocenters. The molecule has 2 rings (SSSR count). The van der Waals surface area contributed by atoms with Gasteiger partial charge in [0, 0.05) is 30.9 Å². The molecular weight excluding hydrogens is 242 g/mol. The van der Waals surface area contributed by atoms with Crippen LogP contribution in [0.2, 0.25) is 0 Å². The van der Waals surface area contributed by atoms with E-state index in [2.05, 4.69) is 10.1 Å². The fourth-order valence-electron chi connectivity index (χ4n) is 1.77. The van der Waals surface area contributed by atoms with E-state index in [1.807, 2.05) is 44.3 Å². The van der Waals surface area contributed by atoms with E-state index in [9.17, 15) is 0 Å². The van der Waals surface area contributed by atoms with Crippen LogP contribution in [0.25, 0.3) is 0 Å². The molecule has 0 saturated carbocycles. The fraction of sp³-hybridized carbons (Fsp3) is 0.357. The topological polar surface area (TPSA) is 64.5 Å². The van der Waals surface area contributed by atoms with E-state index in [0.29, 0.717) is 12.3 Å². The molecule has 0 aliphatic heterocycles. The van der Waals surface area contributed by atoms with Gasteiger partial charge in [0.2, 0.25) is 0 Å². The van der Waals surface area contributed by atoms with Gasteiger partial charge in [-0.05, 0) is 26.1 Å². The molecule has 0 aliphatic rings. The number of aromatic nitrogens is 1. The number of rotatable bonds is 6. The minimum Gasteiger partial charge on any atom is -0.492 e. The summed E-state index contributed by atoms with van der Waals surface area (Å²) in [4.78, 5) is 2.13. The van der Waals surface area contributed by atoms with Crippen molar-refractivity contribution in [2.24, 2.45) is 0 Å². The first kappa shape index (κ1) is 13.4. The number of hydrogen-bond donors (Lipinski definition) is 1. The minimum absolute atomic E-state index is 0.608. The lowest BCUT2D eigenvalue weighted by atomic mass is 10.3. The summed E-state index contributed by atoms with van der Waals surface area (Å²) >= 11 is 0. The van der Waals surface area contributed by atoms with Crippen LogP contribution >= 0.6 is 0 Å². The SMILES string of the molecule is Cc1cc(CN(C)CCOc2cccc(N)c2)no1. The van der Waals surface area contributed by atoms with Gasteiger partial charge in [-0.25, -0.2) is 0 Å². The first-order chi connectivity index (χ1) is 9.13. The number of benzene rings is 1. The van der Waals surface area contributed by atoms with E-state index in [4.69, 9.17) is 15.0 Å². The average Bonchev–Trinajstić information content (AvgIpc) is 2.75. The number of hydrogen-bond acceptors (Lipinski definition) is 5. The quantitative estimate of drug-likeness (QED) is 0.806. The maximum absolute atomic E-state index is 5.69. The number of anilines is 1. The second-order valence-corrected chi connectivity index (χ2v) is 4.59. The molecule has 1 aromatic heterocycles. The lowest BCUT2D eigenvalue weighted by molar-refractivity contribution is 0.229. The van der Waals surface area contributed by atoms with Crippen molar-refractivity contribution in [3.8, 4) is 5.75 Å². The van der Waals surface area contributed by atoms with E-state index in [1.54, 1.807) is 0 Å². The number of nitrogens with two attached hydrogens (primary N) is 1. The first-order valence-corrected chi connectivity index (χ1v) is 6.22. The standard InChI is InChI=1S/C14H19N3O2/c1-11-8-13(16-19-11)10-17(2)6-7-18-14-5-3-4-12(15)9-14/h3-5,8-9H,6-7,10,15H2,1-2H3. The van der Waals surface area contributed by atoms with Crippen molar-refractivity contribution in [3.05, 3.63) is 41.8 Å². The smallest absolute Gasteiger partial charge is 0.133 e.